The van der Waals surface area contributed by atoms with Gasteiger partial charge in [0.25, 0.3) is 0 Å². The number of benzene rings is 3. The van der Waals surface area contributed by atoms with Crippen molar-refractivity contribution in [2.75, 3.05) is 7.11 Å². The van der Waals surface area contributed by atoms with Crippen molar-refractivity contribution in [1.29, 1.82) is 0 Å². The largest absolute Gasteiger partial charge is 0.494 e. The lowest BCUT2D eigenvalue weighted by molar-refractivity contribution is 0.416. The molecule has 0 bridgehead atoms. The van der Waals surface area contributed by atoms with Crippen LogP contribution in [0.25, 0.3) is 10.8 Å². The molecule has 0 N–H and O–H groups in total. The summed E-state index contributed by atoms with van der Waals surface area (Å²) in [6.07, 6.45) is 0. The van der Waals surface area contributed by atoms with Crippen LogP contribution in [0.2, 0.25) is 0 Å². The minimum absolute atomic E-state index is 0.789. The summed E-state index contributed by atoms with van der Waals surface area (Å²) in [5, 5.41) is 2.47. The molecule has 0 atom stereocenters. The number of hydrogen-bond donors (Lipinski definition) is 0. The summed E-state index contributed by atoms with van der Waals surface area (Å²) in [5.74, 6) is 0.789. The van der Waals surface area contributed by atoms with Gasteiger partial charge in [-0.3, -0.25) is 0 Å². The molecule has 21 heavy (non-hydrogen) atoms. The molecular formula is C19H17NO. The molecule has 0 saturated carbocycles. The fraction of sp³-hybridized carbons (Fsp3) is 0.105. The first-order valence-electron chi connectivity index (χ1n) is 6.95. The van der Waals surface area contributed by atoms with Gasteiger partial charge in [0.15, 0.2) is 0 Å². The first-order valence-corrected chi connectivity index (χ1v) is 6.95. The monoisotopic (exact) mass is 275 g/mol. The lowest BCUT2D eigenvalue weighted by atomic mass is 10.0. The number of rotatable bonds is 3. The standard InChI is InChI=1S/C19H17NO/c1-14(20-18-9-5-6-10-19(18)21-2)16-12-11-15-7-3-4-8-17(15)13-16/h3-13H,1-2H3/b20-14-. The maximum atomic E-state index is 5.35. The van der Waals surface area contributed by atoms with E-state index in [9.17, 15) is 0 Å². The Morgan fingerprint density at radius 2 is 1.57 bits per heavy atom. The average Bonchev–Trinajstić information content (AvgIpc) is 2.55. The molecule has 3 aromatic rings. The van der Waals surface area contributed by atoms with E-state index >= 15 is 0 Å². The van der Waals surface area contributed by atoms with Gasteiger partial charge in [0.1, 0.15) is 11.4 Å². The van der Waals surface area contributed by atoms with E-state index in [0.29, 0.717) is 0 Å². The van der Waals surface area contributed by atoms with E-state index < -0.39 is 0 Å². The molecule has 104 valence electrons. The Labute approximate surface area is 124 Å². The molecule has 2 nitrogen and oxygen atoms in total. The maximum absolute atomic E-state index is 5.35. The van der Waals surface area contributed by atoms with E-state index in [1.54, 1.807) is 7.11 Å². The number of fused-ring (bicyclic) bond motifs is 1. The highest BCUT2D eigenvalue weighted by Crippen LogP contribution is 2.27. The molecule has 0 aliphatic carbocycles. The summed E-state index contributed by atoms with van der Waals surface area (Å²) in [6, 6.07) is 22.6. The lowest BCUT2D eigenvalue weighted by Crippen LogP contribution is -1.94. The normalized spacial score (nSPS) is 11.6. The van der Waals surface area contributed by atoms with Crippen LogP contribution in [0.3, 0.4) is 0 Å². The van der Waals surface area contributed by atoms with Gasteiger partial charge in [-0.05, 0) is 41.5 Å². The van der Waals surface area contributed by atoms with Crippen molar-refractivity contribution in [3.63, 3.8) is 0 Å². The molecule has 0 aromatic heterocycles. The van der Waals surface area contributed by atoms with Crippen molar-refractivity contribution in [3.05, 3.63) is 72.3 Å². The van der Waals surface area contributed by atoms with Crippen LogP contribution in [0.15, 0.2) is 71.7 Å². The average molecular weight is 275 g/mol. The Bertz CT molecular complexity index is 805. The second-order valence-electron chi connectivity index (χ2n) is 4.93. The number of methoxy groups -OCH3 is 1. The zero-order valence-electron chi connectivity index (χ0n) is 12.2. The summed E-state index contributed by atoms with van der Waals surface area (Å²) >= 11 is 0. The number of nitrogens with zero attached hydrogens (tertiary/aromatic N) is 1. The van der Waals surface area contributed by atoms with Crippen LogP contribution < -0.4 is 4.74 Å². The summed E-state index contributed by atoms with van der Waals surface area (Å²) in [4.78, 5) is 4.70. The highest BCUT2D eigenvalue weighted by Gasteiger charge is 2.03. The third-order valence-electron chi connectivity index (χ3n) is 3.54. The predicted molar refractivity (Wildman–Crippen MR) is 88.8 cm³/mol. The van der Waals surface area contributed by atoms with E-state index in [-0.39, 0.29) is 0 Å². The Kier molecular flexibility index (Phi) is 3.69. The highest BCUT2D eigenvalue weighted by molar-refractivity contribution is 6.03. The van der Waals surface area contributed by atoms with Crippen molar-refractivity contribution in [2.24, 2.45) is 4.99 Å². The van der Waals surface area contributed by atoms with Gasteiger partial charge in [0, 0.05) is 5.71 Å². The molecule has 0 spiro atoms. The Hall–Kier alpha value is -2.61. The molecule has 0 saturated heterocycles. The van der Waals surface area contributed by atoms with Crippen molar-refractivity contribution < 1.29 is 4.74 Å². The van der Waals surface area contributed by atoms with Gasteiger partial charge in [-0.1, -0.05) is 48.5 Å². The van der Waals surface area contributed by atoms with E-state index in [4.69, 9.17) is 9.73 Å². The molecule has 2 heteroatoms. The third-order valence-corrected chi connectivity index (χ3v) is 3.54. The van der Waals surface area contributed by atoms with Crippen LogP contribution in [-0.2, 0) is 0 Å². The minimum Gasteiger partial charge on any atom is -0.494 e. The highest BCUT2D eigenvalue weighted by atomic mass is 16.5. The summed E-state index contributed by atoms with van der Waals surface area (Å²) < 4.78 is 5.35. The quantitative estimate of drug-likeness (QED) is 0.617. The molecule has 0 fully saturated rings. The second-order valence-corrected chi connectivity index (χ2v) is 4.93. The Balaban J connectivity index is 2.03. The van der Waals surface area contributed by atoms with E-state index in [1.807, 2.05) is 31.2 Å². The molecule has 0 amide bonds. The number of aliphatic imine (C=N–C) groups is 1. The number of ether oxygens (including phenoxy) is 1. The fourth-order valence-electron chi connectivity index (χ4n) is 2.38. The molecule has 0 unspecified atom stereocenters. The van der Waals surface area contributed by atoms with Crippen LogP contribution in [0, 0.1) is 0 Å². The second kappa shape index (κ2) is 5.80. The molecule has 0 aliphatic rings. The summed E-state index contributed by atoms with van der Waals surface area (Å²) in [6.45, 7) is 2.02. The van der Waals surface area contributed by atoms with Gasteiger partial charge in [-0.15, -0.1) is 0 Å². The van der Waals surface area contributed by atoms with Gasteiger partial charge < -0.3 is 4.74 Å². The van der Waals surface area contributed by atoms with E-state index in [2.05, 4.69) is 42.5 Å². The SMILES string of the molecule is COc1ccccc1/N=C(/C)c1ccc2ccccc2c1. The topological polar surface area (TPSA) is 21.6 Å². The van der Waals surface area contributed by atoms with Gasteiger partial charge in [0.05, 0.1) is 7.11 Å². The van der Waals surface area contributed by atoms with Crippen LogP contribution in [-0.4, -0.2) is 12.8 Å². The lowest BCUT2D eigenvalue weighted by Gasteiger charge is -2.07. The maximum Gasteiger partial charge on any atom is 0.144 e. The Morgan fingerprint density at radius 3 is 2.38 bits per heavy atom. The van der Waals surface area contributed by atoms with Gasteiger partial charge in [-0.2, -0.15) is 0 Å². The third kappa shape index (κ3) is 2.79. The molecular weight excluding hydrogens is 258 g/mol. The van der Waals surface area contributed by atoms with Crippen LogP contribution in [0.4, 0.5) is 5.69 Å². The molecule has 0 radical (unpaired) electrons. The molecule has 3 aromatic carbocycles. The summed E-state index contributed by atoms with van der Waals surface area (Å²) in [5.41, 5.74) is 2.95. The molecule has 0 heterocycles. The zero-order valence-corrected chi connectivity index (χ0v) is 12.2. The van der Waals surface area contributed by atoms with Gasteiger partial charge in [0.2, 0.25) is 0 Å². The van der Waals surface area contributed by atoms with Crippen molar-refractivity contribution in [2.45, 2.75) is 6.92 Å². The zero-order chi connectivity index (χ0) is 14.7. The number of hydrogen-bond acceptors (Lipinski definition) is 2. The van der Waals surface area contributed by atoms with E-state index in [0.717, 1.165) is 22.7 Å². The van der Waals surface area contributed by atoms with Gasteiger partial charge in [-0.25, -0.2) is 4.99 Å². The Morgan fingerprint density at radius 1 is 0.857 bits per heavy atom. The number of para-hydroxylation sites is 2. The fourth-order valence-corrected chi connectivity index (χ4v) is 2.38. The molecule has 0 aliphatic heterocycles. The predicted octanol–water partition coefficient (Wildman–Crippen LogP) is 4.99. The smallest absolute Gasteiger partial charge is 0.144 e. The van der Waals surface area contributed by atoms with Crippen LogP contribution in [0.5, 0.6) is 5.75 Å². The summed E-state index contributed by atoms with van der Waals surface area (Å²) in [7, 11) is 1.67. The van der Waals surface area contributed by atoms with Crippen LogP contribution >= 0.6 is 0 Å². The van der Waals surface area contributed by atoms with Crippen LogP contribution in [0.1, 0.15) is 12.5 Å². The van der Waals surface area contributed by atoms with Crippen molar-refractivity contribution in [3.8, 4) is 5.75 Å². The molecule has 3 rings (SSSR count). The van der Waals surface area contributed by atoms with Crippen molar-refractivity contribution >= 4 is 22.2 Å². The first-order chi connectivity index (χ1) is 10.3. The van der Waals surface area contributed by atoms with Crippen molar-refractivity contribution in [1.82, 2.24) is 0 Å². The first kappa shape index (κ1) is 13.4. The minimum atomic E-state index is 0.789. The van der Waals surface area contributed by atoms with E-state index in [1.165, 1.54) is 10.8 Å². The van der Waals surface area contributed by atoms with Gasteiger partial charge >= 0.3 is 0 Å².